The summed E-state index contributed by atoms with van der Waals surface area (Å²) in [6, 6.07) is 0.501. The molecule has 0 radical (unpaired) electrons. The molecule has 0 spiro atoms. The highest BCUT2D eigenvalue weighted by Crippen LogP contribution is 2.19. The molecule has 100 valence electrons. The Bertz CT molecular complexity index is 228. The maximum Gasteiger partial charge on any atom is 0.224 e. The average Bonchev–Trinajstić information content (AvgIpc) is 2.34. The maximum absolute atomic E-state index is 12.1. The number of nitrogens with one attached hydrogen (secondary N) is 1. The van der Waals surface area contributed by atoms with Gasteiger partial charge in [0.2, 0.25) is 5.91 Å². The predicted octanol–water partition coefficient (Wildman–Crippen LogP) is 2.41. The summed E-state index contributed by atoms with van der Waals surface area (Å²) in [7, 11) is 0. The second-order valence-corrected chi connectivity index (χ2v) is 5.49. The van der Waals surface area contributed by atoms with Crippen molar-refractivity contribution in [1.82, 2.24) is 10.2 Å². The summed E-state index contributed by atoms with van der Waals surface area (Å²) in [4.78, 5) is 14.2. The van der Waals surface area contributed by atoms with Crippen molar-refractivity contribution in [1.29, 1.82) is 0 Å². The van der Waals surface area contributed by atoms with Crippen LogP contribution in [0.5, 0.6) is 0 Å². The molecule has 3 nitrogen and oxygen atoms in total. The van der Waals surface area contributed by atoms with E-state index < -0.39 is 0 Å². The minimum absolute atomic E-state index is 0.341. The van der Waals surface area contributed by atoms with Crippen molar-refractivity contribution in [3.8, 4) is 0 Å². The Labute approximate surface area is 106 Å². The summed E-state index contributed by atoms with van der Waals surface area (Å²) in [5, 5.41) is 3.34. The van der Waals surface area contributed by atoms with E-state index in [9.17, 15) is 4.79 Å². The Morgan fingerprint density at radius 1 is 1.41 bits per heavy atom. The molecule has 1 N–H and O–H groups in total. The number of likely N-dealkylation sites (tertiary alicyclic amines) is 1. The van der Waals surface area contributed by atoms with Gasteiger partial charge in [0, 0.05) is 25.6 Å². The Balaban J connectivity index is 2.25. The lowest BCUT2D eigenvalue weighted by Gasteiger charge is -2.35. The van der Waals surface area contributed by atoms with Crippen molar-refractivity contribution in [3.05, 3.63) is 0 Å². The van der Waals surface area contributed by atoms with Crippen LogP contribution < -0.4 is 5.32 Å². The molecule has 17 heavy (non-hydrogen) atoms. The summed E-state index contributed by atoms with van der Waals surface area (Å²) < 4.78 is 0. The molecule has 0 aromatic rings. The molecule has 1 heterocycles. The molecule has 0 bridgehead atoms. The van der Waals surface area contributed by atoms with Crippen molar-refractivity contribution >= 4 is 5.91 Å². The minimum Gasteiger partial charge on any atom is -0.340 e. The topological polar surface area (TPSA) is 32.3 Å². The second kappa shape index (κ2) is 7.70. The van der Waals surface area contributed by atoms with Crippen LogP contribution in [0.15, 0.2) is 0 Å². The summed E-state index contributed by atoms with van der Waals surface area (Å²) in [5.41, 5.74) is 0. The van der Waals surface area contributed by atoms with Crippen LogP contribution in [0.25, 0.3) is 0 Å². The fourth-order valence-corrected chi connectivity index (χ4v) is 2.48. The molecule has 1 amide bonds. The van der Waals surface area contributed by atoms with E-state index in [-0.39, 0.29) is 0 Å². The zero-order valence-electron chi connectivity index (χ0n) is 11.7. The Morgan fingerprint density at radius 2 is 2.18 bits per heavy atom. The Kier molecular flexibility index (Phi) is 6.56. The van der Waals surface area contributed by atoms with Gasteiger partial charge < -0.3 is 10.2 Å². The third-order valence-electron chi connectivity index (χ3n) is 3.49. The van der Waals surface area contributed by atoms with Gasteiger partial charge in [-0.3, -0.25) is 4.79 Å². The van der Waals surface area contributed by atoms with E-state index in [4.69, 9.17) is 0 Å². The number of piperidine rings is 1. The number of nitrogens with zero attached hydrogens (tertiary/aromatic N) is 1. The van der Waals surface area contributed by atoms with E-state index in [0.717, 1.165) is 26.1 Å². The molecule has 1 fully saturated rings. The summed E-state index contributed by atoms with van der Waals surface area (Å²) >= 11 is 0. The van der Waals surface area contributed by atoms with Gasteiger partial charge in [-0.25, -0.2) is 0 Å². The highest BCUT2D eigenvalue weighted by Gasteiger charge is 2.24. The standard InChI is InChI=1S/C14H28N2O/c1-4-13-7-5-6-10-16(13)14(17)8-9-15-11-12(2)3/h12-13,15H,4-11H2,1-3H3. The summed E-state index contributed by atoms with van der Waals surface area (Å²) in [6.07, 6.45) is 5.42. The van der Waals surface area contributed by atoms with Crippen molar-refractivity contribution in [2.24, 2.45) is 5.92 Å². The third kappa shape index (κ3) is 5.07. The molecule has 1 aliphatic heterocycles. The highest BCUT2D eigenvalue weighted by molar-refractivity contribution is 5.76. The smallest absolute Gasteiger partial charge is 0.224 e. The van der Waals surface area contributed by atoms with E-state index in [1.54, 1.807) is 0 Å². The van der Waals surface area contributed by atoms with Crippen LogP contribution >= 0.6 is 0 Å². The van der Waals surface area contributed by atoms with Gasteiger partial charge in [-0.05, 0) is 38.1 Å². The van der Waals surface area contributed by atoms with Gasteiger partial charge in [0.15, 0.2) is 0 Å². The molecule has 0 aromatic carbocycles. The Hall–Kier alpha value is -0.570. The van der Waals surface area contributed by atoms with Crippen LogP contribution in [0.1, 0.15) is 52.9 Å². The lowest BCUT2D eigenvalue weighted by atomic mass is 9.99. The van der Waals surface area contributed by atoms with Gasteiger partial charge in [0.05, 0.1) is 0 Å². The molecule has 1 aliphatic rings. The molecule has 0 aliphatic carbocycles. The largest absolute Gasteiger partial charge is 0.340 e. The van der Waals surface area contributed by atoms with E-state index in [0.29, 0.717) is 24.3 Å². The highest BCUT2D eigenvalue weighted by atomic mass is 16.2. The van der Waals surface area contributed by atoms with Crippen LogP contribution in [0.4, 0.5) is 0 Å². The van der Waals surface area contributed by atoms with Crippen LogP contribution in [0.3, 0.4) is 0 Å². The normalized spacial score (nSPS) is 20.9. The predicted molar refractivity (Wildman–Crippen MR) is 72.0 cm³/mol. The molecule has 3 heteroatoms. The number of hydrogen-bond acceptors (Lipinski definition) is 2. The Morgan fingerprint density at radius 3 is 2.82 bits per heavy atom. The van der Waals surface area contributed by atoms with E-state index in [1.165, 1.54) is 19.3 Å². The SMILES string of the molecule is CCC1CCCCN1C(=O)CCNCC(C)C. The molecule has 1 atom stereocenters. The van der Waals surface area contributed by atoms with Crippen LogP contribution in [-0.4, -0.2) is 36.5 Å². The molecule has 0 saturated carbocycles. The van der Waals surface area contributed by atoms with Crippen LogP contribution in [0.2, 0.25) is 0 Å². The van der Waals surface area contributed by atoms with Crippen LogP contribution in [0, 0.1) is 5.92 Å². The monoisotopic (exact) mass is 240 g/mol. The fourth-order valence-electron chi connectivity index (χ4n) is 2.48. The van der Waals surface area contributed by atoms with Crippen molar-refractivity contribution in [2.75, 3.05) is 19.6 Å². The molecular formula is C14H28N2O. The van der Waals surface area contributed by atoms with Crippen LogP contribution in [-0.2, 0) is 4.79 Å². The number of rotatable bonds is 6. The van der Waals surface area contributed by atoms with E-state index >= 15 is 0 Å². The molecule has 0 aromatic heterocycles. The first-order chi connectivity index (χ1) is 8.15. The van der Waals surface area contributed by atoms with E-state index in [1.807, 2.05) is 0 Å². The fraction of sp³-hybridized carbons (Fsp3) is 0.929. The van der Waals surface area contributed by atoms with Crippen molar-refractivity contribution < 1.29 is 4.79 Å². The number of hydrogen-bond donors (Lipinski definition) is 1. The first-order valence-electron chi connectivity index (χ1n) is 7.15. The van der Waals surface area contributed by atoms with Gasteiger partial charge in [-0.2, -0.15) is 0 Å². The number of carbonyl (C=O) groups is 1. The number of carbonyl (C=O) groups excluding carboxylic acids is 1. The minimum atomic E-state index is 0.341. The second-order valence-electron chi connectivity index (χ2n) is 5.49. The van der Waals surface area contributed by atoms with Gasteiger partial charge in [-0.15, -0.1) is 0 Å². The average molecular weight is 240 g/mol. The lowest BCUT2D eigenvalue weighted by molar-refractivity contribution is -0.134. The van der Waals surface area contributed by atoms with Gasteiger partial charge in [0.25, 0.3) is 0 Å². The molecule has 1 rings (SSSR count). The first kappa shape index (κ1) is 14.5. The molecule has 1 saturated heterocycles. The van der Waals surface area contributed by atoms with Crippen molar-refractivity contribution in [2.45, 2.75) is 58.9 Å². The summed E-state index contributed by atoms with van der Waals surface area (Å²) in [5.74, 6) is 0.997. The maximum atomic E-state index is 12.1. The zero-order valence-corrected chi connectivity index (χ0v) is 11.7. The lowest BCUT2D eigenvalue weighted by Crippen LogP contribution is -2.44. The number of amides is 1. The quantitative estimate of drug-likeness (QED) is 0.723. The zero-order chi connectivity index (χ0) is 12.7. The van der Waals surface area contributed by atoms with Crippen molar-refractivity contribution in [3.63, 3.8) is 0 Å². The first-order valence-corrected chi connectivity index (χ1v) is 7.15. The molecular weight excluding hydrogens is 212 g/mol. The van der Waals surface area contributed by atoms with Gasteiger partial charge in [-0.1, -0.05) is 20.8 Å². The van der Waals surface area contributed by atoms with E-state index in [2.05, 4.69) is 31.0 Å². The van der Waals surface area contributed by atoms with Gasteiger partial charge >= 0.3 is 0 Å². The molecule has 1 unspecified atom stereocenters. The summed E-state index contributed by atoms with van der Waals surface area (Å²) in [6.45, 7) is 9.36. The van der Waals surface area contributed by atoms with Gasteiger partial charge in [0.1, 0.15) is 0 Å². The third-order valence-corrected chi connectivity index (χ3v) is 3.49.